The van der Waals surface area contributed by atoms with Gasteiger partial charge in [-0.3, -0.25) is 0 Å². The Balaban J connectivity index is 3.61. The van der Waals surface area contributed by atoms with Gasteiger partial charge in [-0.1, -0.05) is 0 Å². The minimum Gasteiger partial charge on any atom is -0.480 e. The minimum absolute atomic E-state index is 0.125. The average molecular weight is 311 g/mol. The third kappa shape index (κ3) is 3.61. The Morgan fingerprint density at radius 2 is 1.65 bits per heavy atom. The molecule has 3 nitrogen and oxygen atoms in total. The number of aromatic nitrogens is 1. The monoisotopic (exact) mass is 311 g/mol. The molecule has 0 unspecified atom stereocenters. The molecule has 11 heteroatoms. The summed E-state index contributed by atoms with van der Waals surface area (Å²) in [6, 6.07) is 0. The number of hydrogen-bond acceptors (Lipinski definition) is 3. The summed E-state index contributed by atoms with van der Waals surface area (Å²) in [6.45, 7) is 0. The van der Waals surface area contributed by atoms with Crippen LogP contribution in [-0.2, 0) is 6.18 Å². The molecule has 0 atom stereocenters. The standard InChI is InChI=1S/C9H5F8NO2/c1-19-7-4(8(12,13)14)5(20-9(15,16)17)3(2-18-7)6(10)11/h2,6H,1H3. The summed E-state index contributed by atoms with van der Waals surface area (Å²) in [4.78, 5) is 2.91. The largest absolute Gasteiger partial charge is 0.573 e. The summed E-state index contributed by atoms with van der Waals surface area (Å²) in [5.74, 6) is -3.38. The summed E-state index contributed by atoms with van der Waals surface area (Å²) < 4.78 is 107. The van der Waals surface area contributed by atoms with Gasteiger partial charge >= 0.3 is 12.5 Å². The highest BCUT2D eigenvalue weighted by molar-refractivity contribution is 5.48. The summed E-state index contributed by atoms with van der Waals surface area (Å²) in [5.41, 5.74) is -3.80. The van der Waals surface area contributed by atoms with Crippen molar-refractivity contribution in [3.05, 3.63) is 17.3 Å². The van der Waals surface area contributed by atoms with Crippen molar-refractivity contribution in [2.24, 2.45) is 0 Å². The maximum Gasteiger partial charge on any atom is 0.573 e. The Morgan fingerprint density at radius 1 is 1.10 bits per heavy atom. The predicted molar refractivity (Wildman–Crippen MR) is 47.4 cm³/mol. The van der Waals surface area contributed by atoms with Crippen LogP contribution in [-0.4, -0.2) is 18.5 Å². The molecule has 1 aromatic heterocycles. The molecule has 1 rings (SSSR count). The van der Waals surface area contributed by atoms with Gasteiger partial charge in [-0.15, -0.1) is 13.2 Å². The van der Waals surface area contributed by atoms with Crippen molar-refractivity contribution in [1.29, 1.82) is 0 Å². The van der Waals surface area contributed by atoms with Crippen molar-refractivity contribution in [3.63, 3.8) is 0 Å². The van der Waals surface area contributed by atoms with E-state index in [-0.39, 0.29) is 6.20 Å². The number of nitrogens with zero attached hydrogens (tertiary/aromatic N) is 1. The number of halogens is 8. The van der Waals surface area contributed by atoms with Crippen LogP contribution in [0.3, 0.4) is 0 Å². The fraction of sp³-hybridized carbons (Fsp3) is 0.444. The number of alkyl halides is 8. The second-order valence-corrected chi connectivity index (χ2v) is 3.27. The molecule has 20 heavy (non-hydrogen) atoms. The molecule has 0 saturated carbocycles. The van der Waals surface area contributed by atoms with Gasteiger partial charge in [0.05, 0.1) is 12.7 Å². The zero-order valence-corrected chi connectivity index (χ0v) is 9.44. The van der Waals surface area contributed by atoms with Crippen LogP contribution >= 0.6 is 0 Å². The van der Waals surface area contributed by atoms with Gasteiger partial charge in [0.25, 0.3) is 6.43 Å². The molecular weight excluding hydrogens is 306 g/mol. The molecule has 0 aliphatic rings. The SMILES string of the molecule is COc1ncc(C(F)F)c(OC(F)(F)F)c1C(F)(F)F. The van der Waals surface area contributed by atoms with Gasteiger partial charge in [0.2, 0.25) is 5.88 Å². The lowest BCUT2D eigenvalue weighted by atomic mass is 10.1. The number of methoxy groups -OCH3 is 1. The van der Waals surface area contributed by atoms with Crippen LogP contribution in [0, 0.1) is 0 Å². The zero-order valence-electron chi connectivity index (χ0n) is 9.44. The first-order valence-corrected chi connectivity index (χ1v) is 4.65. The lowest BCUT2D eigenvalue weighted by Crippen LogP contribution is -2.22. The minimum atomic E-state index is -5.59. The third-order valence-electron chi connectivity index (χ3n) is 1.95. The van der Waals surface area contributed by atoms with E-state index in [4.69, 9.17) is 0 Å². The lowest BCUT2D eigenvalue weighted by molar-refractivity contribution is -0.277. The van der Waals surface area contributed by atoms with Crippen molar-refractivity contribution in [3.8, 4) is 11.6 Å². The maximum absolute atomic E-state index is 12.7. The Hall–Kier alpha value is -1.81. The van der Waals surface area contributed by atoms with E-state index in [2.05, 4.69) is 14.5 Å². The van der Waals surface area contributed by atoms with Gasteiger partial charge in [0, 0.05) is 6.20 Å². The van der Waals surface area contributed by atoms with E-state index >= 15 is 0 Å². The molecule has 0 radical (unpaired) electrons. The molecule has 1 heterocycles. The van der Waals surface area contributed by atoms with Crippen LogP contribution in [0.25, 0.3) is 0 Å². The van der Waals surface area contributed by atoms with Gasteiger partial charge < -0.3 is 9.47 Å². The zero-order chi connectivity index (χ0) is 15.7. The maximum atomic E-state index is 12.7. The van der Waals surface area contributed by atoms with E-state index in [0.717, 1.165) is 0 Å². The van der Waals surface area contributed by atoms with E-state index in [1.807, 2.05) is 0 Å². The second kappa shape index (κ2) is 5.29. The average Bonchev–Trinajstić information content (AvgIpc) is 2.23. The molecule has 0 saturated heterocycles. The van der Waals surface area contributed by atoms with Crippen LogP contribution in [0.15, 0.2) is 6.20 Å². The molecule has 0 aliphatic carbocycles. The molecule has 0 aliphatic heterocycles. The van der Waals surface area contributed by atoms with Crippen LogP contribution < -0.4 is 9.47 Å². The number of rotatable bonds is 3. The van der Waals surface area contributed by atoms with Crippen molar-refractivity contribution in [2.45, 2.75) is 19.0 Å². The summed E-state index contributed by atoms with van der Waals surface area (Å²) in [7, 11) is 0.691. The van der Waals surface area contributed by atoms with Crippen molar-refractivity contribution < 1.29 is 44.6 Å². The Bertz CT molecular complexity index is 482. The molecule has 0 fully saturated rings. The fourth-order valence-corrected chi connectivity index (χ4v) is 1.28. The smallest absolute Gasteiger partial charge is 0.480 e. The lowest BCUT2D eigenvalue weighted by Gasteiger charge is -2.19. The number of ether oxygens (including phenoxy) is 2. The Kier molecular flexibility index (Phi) is 4.30. The first kappa shape index (κ1) is 16.2. The van der Waals surface area contributed by atoms with E-state index in [1.165, 1.54) is 0 Å². The molecule has 0 bridgehead atoms. The van der Waals surface area contributed by atoms with Crippen LogP contribution in [0.2, 0.25) is 0 Å². The highest BCUT2D eigenvalue weighted by atomic mass is 19.4. The van der Waals surface area contributed by atoms with Crippen molar-refractivity contribution in [1.82, 2.24) is 4.98 Å². The molecule has 1 aromatic rings. The normalized spacial score (nSPS) is 12.7. The molecule has 0 N–H and O–H groups in total. The van der Waals surface area contributed by atoms with Gasteiger partial charge in [-0.05, 0) is 0 Å². The number of pyridine rings is 1. The van der Waals surface area contributed by atoms with E-state index < -0.39 is 41.7 Å². The molecule has 0 amide bonds. The molecular formula is C9H5F8NO2. The second-order valence-electron chi connectivity index (χ2n) is 3.27. The fourth-order valence-electron chi connectivity index (χ4n) is 1.28. The molecule has 0 spiro atoms. The number of hydrogen-bond donors (Lipinski definition) is 0. The van der Waals surface area contributed by atoms with Crippen LogP contribution in [0.4, 0.5) is 35.1 Å². The van der Waals surface area contributed by atoms with E-state index in [0.29, 0.717) is 7.11 Å². The predicted octanol–water partition coefficient (Wildman–Crippen LogP) is 3.95. The van der Waals surface area contributed by atoms with Gasteiger partial charge in [-0.25, -0.2) is 13.8 Å². The Morgan fingerprint density at radius 3 is 2.00 bits per heavy atom. The van der Waals surface area contributed by atoms with Gasteiger partial charge in [0.15, 0.2) is 11.3 Å². The summed E-state index contributed by atoms with van der Waals surface area (Å²) in [5, 5.41) is 0. The Labute approximate surface area is 106 Å². The first-order valence-electron chi connectivity index (χ1n) is 4.65. The topological polar surface area (TPSA) is 31.4 Å². The third-order valence-corrected chi connectivity index (χ3v) is 1.95. The van der Waals surface area contributed by atoms with Crippen molar-refractivity contribution >= 4 is 0 Å². The molecule has 0 aromatic carbocycles. The first-order chi connectivity index (χ1) is 8.97. The highest BCUT2D eigenvalue weighted by Gasteiger charge is 2.45. The van der Waals surface area contributed by atoms with Crippen LogP contribution in [0.5, 0.6) is 11.6 Å². The van der Waals surface area contributed by atoms with E-state index in [1.54, 1.807) is 0 Å². The van der Waals surface area contributed by atoms with Gasteiger partial charge in [0.1, 0.15) is 0 Å². The summed E-state index contributed by atoms with van der Waals surface area (Å²) in [6.07, 6.45) is -14.5. The quantitative estimate of drug-likeness (QED) is 0.792. The molecule has 114 valence electrons. The summed E-state index contributed by atoms with van der Waals surface area (Å²) >= 11 is 0. The highest BCUT2D eigenvalue weighted by Crippen LogP contribution is 2.46. The van der Waals surface area contributed by atoms with Gasteiger partial charge in [-0.2, -0.15) is 13.2 Å². The van der Waals surface area contributed by atoms with E-state index in [9.17, 15) is 35.1 Å². The van der Waals surface area contributed by atoms with Crippen molar-refractivity contribution in [2.75, 3.05) is 7.11 Å². The van der Waals surface area contributed by atoms with Crippen LogP contribution in [0.1, 0.15) is 17.6 Å².